The Hall–Kier alpha value is -2.04. The number of hydrogen-bond acceptors (Lipinski definition) is 2. The predicted octanol–water partition coefficient (Wildman–Crippen LogP) is 2.87. The zero-order valence-corrected chi connectivity index (χ0v) is 12.1. The fourth-order valence-electron chi connectivity index (χ4n) is 2.03. The normalized spacial score (nSPS) is 12.0. The zero-order valence-electron chi connectivity index (χ0n) is 12.1. The first-order valence-corrected chi connectivity index (χ1v) is 6.81. The highest BCUT2D eigenvalue weighted by Crippen LogP contribution is 2.16. The second-order valence-electron chi connectivity index (χ2n) is 5.08. The lowest BCUT2D eigenvalue weighted by Gasteiger charge is -2.21. The molecule has 0 aliphatic carbocycles. The molecule has 110 valence electrons. The van der Waals surface area contributed by atoms with E-state index in [0.717, 1.165) is 6.42 Å². The van der Waals surface area contributed by atoms with Crippen LogP contribution in [0.25, 0.3) is 0 Å². The third-order valence-corrected chi connectivity index (χ3v) is 3.17. The van der Waals surface area contributed by atoms with Crippen molar-refractivity contribution in [2.24, 2.45) is 5.92 Å². The molecule has 1 atom stereocenters. The summed E-state index contributed by atoms with van der Waals surface area (Å²) in [5.74, 6) is -0.576. The Balaban J connectivity index is 2.73. The number of aliphatic carboxylic acids is 1. The molecule has 1 aromatic rings. The van der Waals surface area contributed by atoms with Crippen LogP contribution < -0.4 is 10.6 Å². The van der Waals surface area contributed by atoms with Crippen LogP contribution in [0.1, 0.15) is 32.8 Å². The molecule has 0 radical (unpaired) electrons. The maximum absolute atomic E-state index is 12.0. The van der Waals surface area contributed by atoms with Crippen molar-refractivity contribution in [2.45, 2.75) is 39.7 Å². The number of para-hydroxylation sites is 1. The summed E-state index contributed by atoms with van der Waals surface area (Å²) < 4.78 is 0. The molecule has 0 bridgehead atoms. The summed E-state index contributed by atoms with van der Waals surface area (Å²) in [6.45, 7) is 6.11. The smallest absolute Gasteiger partial charge is 0.319 e. The first kappa shape index (κ1) is 16.0. The van der Waals surface area contributed by atoms with Crippen LogP contribution in [0.3, 0.4) is 0 Å². The van der Waals surface area contributed by atoms with E-state index >= 15 is 0 Å². The molecule has 0 aromatic heterocycles. The van der Waals surface area contributed by atoms with Crippen molar-refractivity contribution < 1.29 is 14.7 Å². The van der Waals surface area contributed by atoms with Crippen molar-refractivity contribution in [1.29, 1.82) is 0 Å². The molecule has 0 spiro atoms. The average molecular weight is 278 g/mol. The lowest BCUT2D eigenvalue weighted by Crippen LogP contribution is -2.40. The molecule has 1 aromatic carbocycles. The van der Waals surface area contributed by atoms with Gasteiger partial charge in [-0.3, -0.25) is 4.79 Å². The molecule has 0 heterocycles. The number of urea groups is 1. The van der Waals surface area contributed by atoms with Gasteiger partial charge in [0.2, 0.25) is 0 Å². The Kier molecular flexibility index (Phi) is 6.03. The van der Waals surface area contributed by atoms with Crippen LogP contribution in [0.5, 0.6) is 0 Å². The van der Waals surface area contributed by atoms with Gasteiger partial charge in [-0.05, 0) is 24.0 Å². The van der Waals surface area contributed by atoms with Crippen LogP contribution in [-0.2, 0) is 11.2 Å². The van der Waals surface area contributed by atoms with Gasteiger partial charge in [0.25, 0.3) is 0 Å². The third kappa shape index (κ3) is 4.91. The van der Waals surface area contributed by atoms with Crippen molar-refractivity contribution >= 4 is 17.7 Å². The topological polar surface area (TPSA) is 78.4 Å². The van der Waals surface area contributed by atoms with Gasteiger partial charge in [0, 0.05) is 11.7 Å². The fourth-order valence-corrected chi connectivity index (χ4v) is 2.03. The van der Waals surface area contributed by atoms with Gasteiger partial charge in [0.05, 0.1) is 6.42 Å². The van der Waals surface area contributed by atoms with E-state index in [9.17, 15) is 9.59 Å². The van der Waals surface area contributed by atoms with E-state index in [4.69, 9.17) is 5.11 Å². The molecule has 5 nitrogen and oxygen atoms in total. The second kappa shape index (κ2) is 7.53. The van der Waals surface area contributed by atoms with Crippen LogP contribution >= 0.6 is 0 Å². The molecule has 1 rings (SSSR count). The Bertz CT molecular complexity index is 472. The highest BCUT2D eigenvalue weighted by atomic mass is 16.4. The summed E-state index contributed by atoms with van der Waals surface area (Å²) in [6.07, 6.45) is 0.736. The summed E-state index contributed by atoms with van der Waals surface area (Å²) in [7, 11) is 0. The minimum atomic E-state index is -0.923. The Morgan fingerprint density at radius 3 is 2.45 bits per heavy atom. The lowest BCUT2D eigenvalue weighted by atomic mass is 10.0. The zero-order chi connectivity index (χ0) is 15.1. The maximum atomic E-state index is 12.0. The lowest BCUT2D eigenvalue weighted by molar-refractivity contribution is -0.136. The fraction of sp³-hybridized carbons (Fsp3) is 0.467. The SMILES string of the molecule is CCC(NC(=O)Nc1ccccc1CC(=O)O)C(C)C. The molecule has 20 heavy (non-hydrogen) atoms. The van der Waals surface area contributed by atoms with Gasteiger partial charge >= 0.3 is 12.0 Å². The number of hydrogen-bond donors (Lipinski definition) is 3. The summed E-state index contributed by atoms with van der Waals surface area (Å²) >= 11 is 0. The summed E-state index contributed by atoms with van der Waals surface area (Å²) in [6, 6.07) is 6.72. The van der Waals surface area contributed by atoms with E-state index in [0.29, 0.717) is 17.2 Å². The minimum absolute atomic E-state index is 0.0987. The van der Waals surface area contributed by atoms with E-state index < -0.39 is 5.97 Å². The summed E-state index contributed by atoms with van der Waals surface area (Å²) in [4.78, 5) is 22.7. The third-order valence-electron chi connectivity index (χ3n) is 3.17. The van der Waals surface area contributed by atoms with Crippen molar-refractivity contribution in [2.75, 3.05) is 5.32 Å². The van der Waals surface area contributed by atoms with Crippen molar-refractivity contribution in [1.82, 2.24) is 5.32 Å². The van der Waals surface area contributed by atoms with Crippen LogP contribution in [0.15, 0.2) is 24.3 Å². The molecule has 0 aliphatic heterocycles. The molecule has 5 heteroatoms. The number of amides is 2. The van der Waals surface area contributed by atoms with Crippen molar-refractivity contribution in [3.63, 3.8) is 0 Å². The highest BCUT2D eigenvalue weighted by molar-refractivity contribution is 5.91. The Morgan fingerprint density at radius 1 is 1.25 bits per heavy atom. The minimum Gasteiger partial charge on any atom is -0.481 e. The monoisotopic (exact) mass is 278 g/mol. The van der Waals surface area contributed by atoms with E-state index in [1.54, 1.807) is 24.3 Å². The first-order chi connectivity index (χ1) is 9.43. The number of carbonyl (C=O) groups excluding carboxylic acids is 1. The molecule has 0 saturated heterocycles. The number of carboxylic acid groups (broad SMARTS) is 1. The van der Waals surface area contributed by atoms with Crippen LogP contribution in [0.2, 0.25) is 0 Å². The largest absolute Gasteiger partial charge is 0.481 e. The van der Waals surface area contributed by atoms with E-state index in [1.807, 2.05) is 20.8 Å². The molecule has 0 aliphatic rings. The number of benzene rings is 1. The number of carboxylic acids is 1. The molecule has 3 N–H and O–H groups in total. The summed E-state index contributed by atoms with van der Waals surface area (Å²) in [5, 5.41) is 14.5. The van der Waals surface area contributed by atoms with Gasteiger partial charge in [-0.1, -0.05) is 39.0 Å². The molecule has 0 fully saturated rings. The number of anilines is 1. The molecule has 0 saturated carbocycles. The number of carbonyl (C=O) groups is 2. The number of nitrogens with one attached hydrogen (secondary N) is 2. The van der Waals surface area contributed by atoms with Gasteiger partial charge in [-0.25, -0.2) is 4.79 Å². The van der Waals surface area contributed by atoms with E-state index in [1.165, 1.54) is 0 Å². The van der Waals surface area contributed by atoms with Crippen LogP contribution in [-0.4, -0.2) is 23.1 Å². The van der Waals surface area contributed by atoms with Gasteiger partial charge in [-0.2, -0.15) is 0 Å². The van der Waals surface area contributed by atoms with Crippen LogP contribution in [0, 0.1) is 5.92 Å². The van der Waals surface area contributed by atoms with Gasteiger partial charge < -0.3 is 15.7 Å². The van der Waals surface area contributed by atoms with E-state index in [2.05, 4.69) is 10.6 Å². The molecular weight excluding hydrogens is 256 g/mol. The first-order valence-electron chi connectivity index (χ1n) is 6.81. The quantitative estimate of drug-likeness (QED) is 0.748. The maximum Gasteiger partial charge on any atom is 0.319 e. The molecular formula is C15H22N2O3. The summed E-state index contributed by atoms with van der Waals surface area (Å²) in [5.41, 5.74) is 1.12. The number of rotatable bonds is 6. The van der Waals surface area contributed by atoms with E-state index in [-0.39, 0.29) is 18.5 Å². The standard InChI is InChI=1S/C15H22N2O3/c1-4-12(10(2)3)16-15(20)17-13-8-6-5-7-11(13)9-14(18)19/h5-8,10,12H,4,9H2,1-3H3,(H,18,19)(H2,16,17,20). The van der Waals surface area contributed by atoms with Crippen molar-refractivity contribution in [3.8, 4) is 0 Å². The molecule has 1 unspecified atom stereocenters. The Morgan fingerprint density at radius 2 is 1.90 bits per heavy atom. The predicted molar refractivity (Wildman–Crippen MR) is 78.9 cm³/mol. The van der Waals surface area contributed by atoms with Gasteiger partial charge in [0.15, 0.2) is 0 Å². The van der Waals surface area contributed by atoms with Gasteiger partial charge in [-0.15, -0.1) is 0 Å². The van der Waals surface area contributed by atoms with Crippen molar-refractivity contribution in [3.05, 3.63) is 29.8 Å². The Labute approximate surface area is 119 Å². The molecule has 2 amide bonds. The van der Waals surface area contributed by atoms with Crippen LogP contribution in [0.4, 0.5) is 10.5 Å². The highest BCUT2D eigenvalue weighted by Gasteiger charge is 2.15. The van der Waals surface area contributed by atoms with Gasteiger partial charge in [0.1, 0.15) is 0 Å². The average Bonchev–Trinajstić information content (AvgIpc) is 2.37. The second-order valence-corrected chi connectivity index (χ2v) is 5.08.